The molecular formula is C21H10ClF7O. The van der Waals surface area contributed by atoms with Crippen LogP contribution in [0, 0.1) is 40.9 Å². The van der Waals surface area contributed by atoms with Crippen molar-refractivity contribution in [3.63, 3.8) is 0 Å². The summed E-state index contributed by atoms with van der Waals surface area (Å²) in [6, 6.07) is 1.39. The third-order valence-corrected chi connectivity index (χ3v) is 4.32. The third kappa shape index (κ3) is 4.79. The molecule has 1 aliphatic rings. The Morgan fingerprint density at radius 2 is 1.40 bits per heavy atom. The lowest BCUT2D eigenvalue weighted by Crippen LogP contribution is -2.25. The van der Waals surface area contributed by atoms with Gasteiger partial charge in [0.25, 0.3) is 0 Å². The van der Waals surface area contributed by atoms with Crippen LogP contribution >= 0.6 is 11.6 Å². The standard InChI is InChI=1S/C21H10ClF7O/c22-13-5-3-11(4-6-13)1-2-12-7-15(23)19(16(24)8-12)21(28,29)30-14-9-17(25)20(27)18(26)10-14/h3,5,7-10H,4,6H2. The Morgan fingerprint density at radius 1 is 0.800 bits per heavy atom. The zero-order chi connectivity index (χ0) is 22.1. The Hall–Kier alpha value is -2.92. The van der Waals surface area contributed by atoms with Crippen molar-refractivity contribution in [3.8, 4) is 17.6 Å². The first kappa shape index (κ1) is 21.8. The number of allylic oxidation sites excluding steroid dienone is 4. The van der Waals surface area contributed by atoms with E-state index >= 15 is 0 Å². The number of rotatable bonds is 3. The fourth-order valence-electron chi connectivity index (χ4n) is 2.58. The number of hydrogen-bond acceptors (Lipinski definition) is 1. The van der Waals surface area contributed by atoms with Gasteiger partial charge in [0.1, 0.15) is 22.9 Å². The van der Waals surface area contributed by atoms with Gasteiger partial charge in [-0.1, -0.05) is 23.4 Å². The number of alkyl halides is 2. The molecule has 2 aromatic rings. The molecule has 0 aliphatic heterocycles. The first-order valence-corrected chi connectivity index (χ1v) is 8.73. The van der Waals surface area contributed by atoms with Gasteiger partial charge in [0.15, 0.2) is 17.5 Å². The maximum Gasteiger partial charge on any atom is 0.432 e. The molecule has 0 amide bonds. The van der Waals surface area contributed by atoms with Crippen molar-refractivity contribution in [1.82, 2.24) is 0 Å². The minimum atomic E-state index is -4.65. The van der Waals surface area contributed by atoms with E-state index in [0.717, 1.165) is 0 Å². The first-order valence-electron chi connectivity index (χ1n) is 8.35. The highest BCUT2D eigenvalue weighted by Gasteiger charge is 2.41. The number of hydrogen-bond donors (Lipinski definition) is 0. The summed E-state index contributed by atoms with van der Waals surface area (Å²) in [5.74, 6) is -4.92. The van der Waals surface area contributed by atoms with Crippen LogP contribution in [0.2, 0.25) is 0 Å². The Morgan fingerprint density at radius 3 is 1.93 bits per heavy atom. The minimum Gasteiger partial charge on any atom is -0.429 e. The molecule has 0 atom stereocenters. The van der Waals surface area contributed by atoms with Gasteiger partial charge in [0.2, 0.25) is 0 Å². The van der Waals surface area contributed by atoms with Crippen molar-refractivity contribution in [3.05, 3.63) is 87.2 Å². The fraction of sp³-hybridized carbons (Fsp3) is 0.143. The highest BCUT2D eigenvalue weighted by Crippen LogP contribution is 2.36. The number of benzene rings is 2. The number of halogens is 8. The van der Waals surface area contributed by atoms with Gasteiger partial charge in [-0.15, -0.1) is 0 Å². The molecule has 156 valence electrons. The van der Waals surface area contributed by atoms with E-state index in [1.165, 1.54) is 0 Å². The van der Waals surface area contributed by atoms with Crippen molar-refractivity contribution in [1.29, 1.82) is 0 Å². The van der Waals surface area contributed by atoms with Gasteiger partial charge in [-0.05, 0) is 37.1 Å². The van der Waals surface area contributed by atoms with Crippen molar-refractivity contribution in [2.75, 3.05) is 0 Å². The molecule has 1 aliphatic carbocycles. The van der Waals surface area contributed by atoms with E-state index in [4.69, 9.17) is 11.6 Å². The maximum atomic E-state index is 14.3. The Balaban J connectivity index is 1.89. The zero-order valence-electron chi connectivity index (χ0n) is 14.8. The summed E-state index contributed by atoms with van der Waals surface area (Å²) >= 11 is 5.81. The van der Waals surface area contributed by atoms with E-state index in [0.29, 0.717) is 35.6 Å². The van der Waals surface area contributed by atoms with Crippen LogP contribution in [0.5, 0.6) is 5.75 Å². The first-order chi connectivity index (χ1) is 14.1. The molecule has 9 heteroatoms. The Labute approximate surface area is 171 Å². The van der Waals surface area contributed by atoms with Gasteiger partial charge in [0, 0.05) is 28.3 Å². The predicted octanol–water partition coefficient (Wildman–Crippen LogP) is 6.70. The molecule has 1 nitrogen and oxygen atoms in total. The zero-order valence-corrected chi connectivity index (χ0v) is 15.6. The molecule has 0 spiro atoms. The van der Waals surface area contributed by atoms with E-state index in [1.54, 1.807) is 12.2 Å². The molecule has 0 saturated carbocycles. The van der Waals surface area contributed by atoms with Gasteiger partial charge in [-0.25, -0.2) is 22.0 Å². The van der Waals surface area contributed by atoms with Crippen LogP contribution in [0.1, 0.15) is 24.0 Å². The monoisotopic (exact) mass is 446 g/mol. The summed E-state index contributed by atoms with van der Waals surface area (Å²) in [7, 11) is 0. The summed E-state index contributed by atoms with van der Waals surface area (Å²) in [4.78, 5) is 0. The van der Waals surface area contributed by atoms with Crippen LogP contribution in [0.4, 0.5) is 30.7 Å². The van der Waals surface area contributed by atoms with E-state index in [2.05, 4.69) is 16.6 Å². The lowest BCUT2D eigenvalue weighted by molar-refractivity contribution is -0.189. The molecule has 0 bridgehead atoms. The Bertz CT molecular complexity index is 1080. The van der Waals surface area contributed by atoms with Gasteiger partial charge in [-0.3, -0.25) is 0 Å². The van der Waals surface area contributed by atoms with Gasteiger partial charge in [-0.2, -0.15) is 8.78 Å². The van der Waals surface area contributed by atoms with E-state index in [1.807, 2.05) is 0 Å². The summed E-state index contributed by atoms with van der Waals surface area (Å²) in [6.07, 6.45) is -0.328. The molecule has 0 saturated heterocycles. The van der Waals surface area contributed by atoms with Gasteiger partial charge < -0.3 is 4.74 Å². The average molecular weight is 447 g/mol. The van der Waals surface area contributed by atoms with Crippen molar-refractivity contribution < 1.29 is 35.5 Å². The van der Waals surface area contributed by atoms with Crippen LogP contribution in [-0.4, -0.2) is 0 Å². The van der Waals surface area contributed by atoms with Gasteiger partial charge in [0.05, 0.1) is 0 Å². The molecule has 3 rings (SSSR count). The smallest absolute Gasteiger partial charge is 0.429 e. The second-order valence-electron chi connectivity index (χ2n) is 6.19. The molecule has 0 N–H and O–H groups in total. The second-order valence-corrected chi connectivity index (χ2v) is 6.68. The van der Waals surface area contributed by atoms with Crippen molar-refractivity contribution >= 4 is 11.6 Å². The van der Waals surface area contributed by atoms with Crippen molar-refractivity contribution in [2.45, 2.75) is 19.0 Å². The van der Waals surface area contributed by atoms with E-state index in [-0.39, 0.29) is 17.7 Å². The highest BCUT2D eigenvalue weighted by molar-refractivity contribution is 6.29. The third-order valence-electron chi connectivity index (χ3n) is 4.00. The van der Waals surface area contributed by atoms with Crippen LogP contribution in [0.15, 0.2) is 47.0 Å². The molecule has 0 aromatic heterocycles. The summed E-state index contributed by atoms with van der Waals surface area (Å²) in [5.41, 5.74) is -1.37. The normalized spacial score (nSPS) is 13.9. The van der Waals surface area contributed by atoms with Gasteiger partial charge >= 0.3 is 6.11 Å². The lowest BCUT2D eigenvalue weighted by Gasteiger charge is -2.19. The molecule has 0 unspecified atom stereocenters. The average Bonchev–Trinajstić information content (AvgIpc) is 2.64. The fourth-order valence-corrected chi connectivity index (χ4v) is 2.74. The van der Waals surface area contributed by atoms with E-state index in [9.17, 15) is 30.7 Å². The largest absolute Gasteiger partial charge is 0.432 e. The molecule has 2 aromatic carbocycles. The van der Waals surface area contributed by atoms with Crippen LogP contribution in [0.3, 0.4) is 0 Å². The minimum absolute atomic E-state index is 0.126. The van der Waals surface area contributed by atoms with Crippen molar-refractivity contribution in [2.24, 2.45) is 0 Å². The highest BCUT2D eigenvalue weighted by atomic mass is 35.5. The summed E-state index contributed by atoms with van der Waals surface area (Å²) in [5, 5.41) is 0.630. The van der Waals surface area contributed by atoms with E-state index < -0.39 is 46.5 Å². The Kier molecular flexibility index (Phi) is 6.13. The van der Waals surface area contributed by atoms with Crippen LogP contribution in [0.25, 0.3) is 0 Å². The molecular weight excluding hydrogens is 437 g/mol. The summed E-state index contributed by atoms with van der Waals surface area (Å²) < 4.78 is 100. The summed E-state index contributed by atoms with van der Waals surface area (Å²) in [6.45, 7) is 0. The number of ether oxygens (including phenoxy) is 1. The predicted molar refractivity (Wildman–Crippen MR) is 95.3 cm³/mol. The van der Waals surface area contributed by atoms with Crippen LogP contribution in [-0.2, 0) is 6.11 Å². The lowest BCUT2D eigenvalue weighted by atomic mass is 10.0. The molecule has 0 fully saturated rings. The molecule has 0 radical (unpaired) electrons. The van der Waals surface area contributed by atoms with Crippen LogP contribution < -0.4 is 4.74 Å². The maximum absolute atomic E-state index is 14.3. The SMILES string of the molecule is Fc1cc(OC(F)(F)c2c(F)cc(C#CC3=CC=C(Cl)CC3)cc2F)cc(F)c1F. The topological polar surface area (TPSA) is 9.23 Å². The second kappa shape index (κ2) is 8.44. The molecule has 30 heavy (non-hydrogen) atoms. The quantitative estimate of drug-likeness (QED) is 0.289. The molecule has 0 heterocycles.